The van der Waals surface area contributed by atoms with E-state index in [0.717, 1.165) is 31.2 Å². The number of ether oxygens (including phenoxy) is 1. The molecule has 0 saturated heterocycles. The zero-order valence-electron chi connectivity index (χ0n) is 15.7. The summed E-state index contributed by atoms with van der Waals surface area (Å²) in [5.74, 6) is -1.64. The van der Waals surface area contributed by atoms with E-state index in [1.165, 1.54) is 0 Å². The quantitative estimate of drug-likeness (QED) is 0.683. The van der Waals surface area contributed by atoms with Gasteiger partial charge in [0, 0.05) is 5.56 Å². The van der Waals surface area contributed by atoms with E-state index < -0.39 is 47.3 Å². The van der Waals surface area contributed by atoms with Crippen LogP contribution in [0.4, 0.5) is 26.3 Å². The van der Waals surface area contributed by atoms with Gasteiger partial charge in [-0.1, -0.05) is 0 Å². The van der Waals surface area contributed by atoms with Crippen LogP contribution in [0.2, 0.25) is 0 Å². The Balaban J connectivity index is 2.20. The number of halogens is 6. The van der Waals surface area contributed by atoms with Gasteiger partial charge in [-0.25, -0.2) is 0 Å². The van der Waals surface area contributed by atoms with Gasteiger partial charge in [0.25, 0.3) is 5.91 Å². The number of benzene rings is 2. The first-order valence-corrected chi connectivity index (χ1v) is 8.44. The molecule has 0 aromatic heterocycles. The smallest absolute Gasteiger partial charge is 0.419 e. The lowest BCUT2D eigenvalue weighted by atomic mass is 10.0. The lowest BCUT2D eigenvalue weighted by Crippen LogP contribution is -2.49. The average molecular weight is 441 g/mol. The second-order valence-corrected chi connectivity index (χ2v) is 6.58. The molecule has 162 valence electrons. The van der Waals surface area contributed by atoms with Crippen LogP contribution in [0.1, 0.15) is 34.0 Å². The van der Waals surface area contributed by atoms with Crippen molar-refractivity contribution >= 4 is 5.91 Å². The standard InChI is InChI=1S/C20H13F6N3O2/c1-18(10-28,29-17(30)13-3-5-14(6-4-13)19(21,22)23)11-31-16-8-12(9-27)2-7-15(16)20(24,25)26/h2-8H,11H2,1H3,(H,29,30). The molecule has 1 N–H and O–H groups in total. The van der Waals surface area contributed by atoms with Crippen molar-refractivity contribution in [2.45, 2.75) is 24.8 Å². The van der Waals surface area contributed by atoms with Gasteiger partial charge in [0.05, 0.1) is 28.8 Å². The zero-order valence-corrected chi connectivity index (χ0v) is 15.7. The van der Waals surface area contributed by atoms with E-state index in [1.807, 2.05) is 0 Å². The fourth-order valence-electron chi connectivity index (χ4n) is 2.40. The highest BCUT2D eigenvalue weighted by molar-refractivity contribution is 5.95. The number of carbonyl (C=O) groups excluding carboxylic acids is 1. The van der Waals surface area contributed by atoms with E-state index in [0.29, 0.717) is 18.2 Å². The third-order valence-corrected chi connectivity index (χ3v) is 4.04. The number of amides is 1. The predicted molar refractivity (Wildman–Crippen MR) is 94.6 cm³/mol. The van der Waals surface area contributed by atoms with E-state index in [9.17, 15) is 36.4 Å². The minimum atomic E-state index is -4.80. The average Bonchev–Trinajstić information content (AvgIpc) is 2.70. The zero-order chi connectivity index (χ0) is 23.4. The van der Waals surface area contributed by atoms with Crippen LogP contribution in [-0.4, -0.2) is 18.1 Å². The maximum atomic E-state index is 13.2. The van der Waals surface area contributed by atoms with Crippen LogP contribution in [0.15, 0.2) is 42.5 Å². The van der Waals surface area contributed by atoms with Crippen LogP contribution < -0.4 is 10.1 Å². The Bertz CT molecular complexity index is 1050. The number of hydrogen-bond acceptors (Lipinski definition) is 4. The van der Waals surface area contributed by atoms with Crippen molar-refractivity contribution in [1.82, 2.24) is 5.32 Å². The number of nitrogens with one attached hydrogen (secondary N) is 1. The van der Waals surface area contributed by atoms with Gasteiger partial charge in [0.1, 0.15) is 12.4 Å². The maximum absolute atomic E-state index is 13.2. The van der Waals surface area contributed by atoms with Gasteiger partial charge in [0.15, 0.2) is 5.54 Å². The van der Waals surface area contributed by atoms with Crippen molar-refractivity contribution in [3.8, 4) is 17.9 Å². The highest BCUT2D eigenvalue weighted by Crippen LogP contribution is 2.37. The summed E-state index contributed by atoms with van der Waals surface area (Å²) in [5.41, 5.74) is -4.30. The van der Waals surface area contributed by atoms with Crippen LogP contribution in [-0.2, 0) is 12.4 Å². The van der Waals surface area contributed by atoms with Gasteiger partial charge in [-0.3, -0.25) is 4.79 Å². The summed E-state index contributed by atoms with van der Waals surface area (Å²) >= 11 is 0. The minimum Gasteiger partial charge on any atom is -0.489 e. The van der Waals surface area contributed by atoms with Crippen molar-refractivity contribution in [2.75, 3.05) is 6.61 Å². The summed E-state index contributed by atoms with van der Waals surface area (Å²) in [6.45, 7) is 0.435. The number of hydrogen-bond donors (Lipinski definition) is 1. The molecule has 1 atom stereocenters. The molecule has 0 bridgehead atoms. The summed E-state index contributed by atoms with van der Waals surface area (Å²) in [6.07, 6.45) is -9.39. The fraction of sp³-hybridized carbons (Fsp3) is 0.250. The van der Waals surface area contributed by atoms with Gasteiger partial charge >= 0.3 is 12.4 Å². The van der Waals surface area contributed by atoms with Crippen molar-refractivity contribution in [3.05, 3.63) is 64.7 Å². The number of alkyl halides is 6. The van der Waals surface area contributed by atoms with E-state index in [-0.39, 0.29) is 11.1 Å². The SMILES string of the molecule is CC(C#N)(COc1cc(C#N)ccc1C(F)(F)F)NC(=O)c1ccc(C(F)(F)F)cc1. The Labute approximate surface area is 172 Å². The highest BCUT2D eigenvalue weighted by atomic mass is 19.4. The molecule has 0 aliphatic rings. The van der Waals surface area contributed by atoms with Crippen LogP contribution in [0.25, 0.3) is 0 Å². The molecule has 2 aromatic rings. The Morgan fingerprint density at radius 3 is 2.10 bits per heavy atom. The number of nitriles is 2. The summed E-state index contributed by atoms with van der Waals surface area (Å²) in [7, 11) is 0. The van der Waals surface area contributed by atoms with Crippen molar-refractivity contribution in [3.63, 3.8) is 0 Å². The van der Waals surface area contributed by atoms with E-state index in [4.69, 9.17) is 10.00 Å². The molecule has 5 nitrogen and oxygen atoms in total. The molecule has 2 aromatic carbocycles. The Morgan fingerprint density at radius 2 is 1.61 bits per heavy atom. The highest BCUT2D eigenvalue weighted by Gasteiger charge is 2.36. The van der Waals surface area contributed by atoms with Crippen LogP contribution in [0.5, 0.6) is 5.75 Å². The van der Waals surface area contributed by atoms with Gasteiger partial charge < -0.3 is 10.1 Å². The molecule has 0 aliphatic carbocycles. The molecule has 1 unspecified atom stereocenters. The summed E-state index contributed by atoms with van der Waals surface area (Å²) in [4.78, 5) is 12.3. The maximum Gasteiger partial charge on any atom is 0.419 e. The molecule has 0 fully saturated rings. The first kappa shape index (κ1) is 23.5. The van der Waals surface area contributed by atoms with E-state index in [1.54, 1.807) is 12.1 Å². The minimum absolute atomic E-state index is 0.115. The Hall–Kier alpha value is -3.73. The van der Waals surface area contributed by atoms with Crippen LogP contribution in [0, 0.1) is 22.7 Å². The molecule has 11 heteroatoms. The molecule has 0 radical (unpaired) electrons. The van der Waals surface area contributed by atoms with Crippen LogP contribution in [0.3, 0.4) is 0 Å². The Kier molecular flexibility index (Phi) is 6.50. The van der Waals surface area contributed by atoms with Crippen molar-refractivity contribution in [2.24, 2.45) is 0 Å². The molecular formula is C20H13F6N3O2. The molecule has 1 amide bonds. The van der Waals surface area contributed by atoms with Crippen molar-refractivity contribution in [1.29, 1.82) is 10.5 Å². The molecular weight excluding hydrogens is 428 g/mol. The third kappa shape index (κ3) is 5.89. The van der Waals surface area contributed by atoms with Crippen molar-refractivity contribution < 1.29 is 35.9 Å². The first-order chi connectivity index (χ1) is 14.3. The largest absolute Gasteiger partial charge is 0.489 e. The molecule has 0 heterocycles. The van der Waals surface area contributed by atoms with Gasteiger partial charge in [-0.15, -0.1) is 0 Å². The summed E-state index contributed by atoms with van der Waals surface area (Å²) in [6, 6.07) is 8.95. The molecule has 2 rings (SSSR count). The topological polar surface area (TPSA) is 85.9 Å². The predicted octanol–water partition coefficient (Wildman–Crippen LogP) is 4.69. The fourth-order valence-corrected chi connectivity index (χ4v) is 2.40. The number of carbonyl (C=O) groups is 1. The summed E-state index contributed by atoms with van der Waals surface area (Å²) < 4.78 is 82.4. The van der Waals surface area contributed by atoms with Gasteiger partial charge in [-0.2, -0.15) is 36.9 Å². The molecule has 31 heavy (non-hydrogen) atoms. The number of rotatable bonds is 5. The van der Waals surface area contributed by atoms with E-state index >= 15 is 0 Å². The molecule has 0 saturated carbocycles. The lowest BCUT2D eigenvalue weighted by molar-refractivity contribution is -0.139. The Morgan fingerprint density at radius 1 is 1.00 bits per heavy atom. The molecule has 0 aliphatic heterocycles. The second kappa shape index (κ2) is 8.56. The lowest BCUT2D eigenvalue weighted by Gasteiger charge is -2.24. The summed E-state index contributed by atoms with van der Waals surface area (Å²) in [5, 5.41) is 20.5. The monoisotopic (exact) mass is 441 g/mol. The third-order valence-electron chi connectivity index (χ3n) is 4.04. The second-order valence-electron chi connectivity index (χ2n) is 6.58. The molecule has 0 spiro atoms. The van der Waals surface area contributed by atoms with E-state index in [2.05, 4.69) is 5.32 Å². The van der Waals surface area contributed by atoms with Crippen LogP contribution >= 0.6 is 0 Å². The normalized spacial score (nSPS) is 13.5. The van der Waals surface area contributed by atoms with Gasteiger partial charge in [0.2, 0.25) is 0 Å². The van der Waals surface area contributed by atoms with Gasteiger partial charge in [-0.05, 0) is 49.4 Å². The number of nitrogens with zero attached hydrogens (tertiary/aromatic N) is 2. The first-order valence-electron chi connectivity index (χ1n) is 8.44.